The van der Waals surface area contributed by atoms with Gasteiger partial charge in [0, 0.05) is 69.8 Å². The highest BCUT2D eigenvalue weighted by Crippen LogP contribution is 2.30. The quantitative estimate of drug-likeness (QED) is 0.229. The van der Waals surface area contributed by atoms with E-state index >= 15 is 0 Å². The zero-order chi connectivity index (χ0) is 34.7. The standard InChI is InChI=1S/C35H49N3O9/c1-23(2)38(33(41)26-15-16-29(44-8)30(19-26)45-18-12-17-43-7)21-27-20-37(34(42)47-35(4,5)6)22-28(27)36-32(40)31(46-24(3)39)25-13-10-9-11-14-25/h9-11,13-16,19,23,27-28,31H,12,17-18,20-22H2,1-8H3,(H,36,40)/t27-,28-,31?/m0/s1. The van der Waals surface area contributed by atoms with Crippen LogP contribution in [0.5, 0.6) is 11.5 Å². The van der Waals surface area contributed by atoms with Gasteiger partial charge in [-0.25, -0.2) is 4.79 Å². The fourth-order valence-electron chi connectivity index (χ4n) is 5.28. The van der Waals surface area contributed by atoms with Gasteiger partial charge in [0.15, 0.2) is 11.5 Å². The zero-order valence-electron chi connectivity index (χ0n) is 28.7. The Morgan fingerprint density at radius 1 is 0.979 bits per heavy atom. The summed E-state index contributed by atoms with van der Waals surface area (Å²) in [5, 5.41) is 3.01. The number of esters is 1. The Bertz CT molecular complexity index is 1360. The van der Waals surface area contributed by atoms with E-state index in [0.29, 0.717) is 42.3 Å². The molecule has 1 saturated heterocycles. The summed E-state index contributed by atoms with van der Waals surface area (Å²) in [6.45, 7) is 11.9. The normalized spacial score (nSPS) is 16.7. The molecular weight excluding hydrogens is 606 g/mol. The Morgan fingerprint density at radius 2 is 1.68 bits per heavy atom. The van der Waals surface area contributed by atoms with E-state index in [4.69, 9.17) is 23.7 Å². The molecule has 1 unspecified atom stereocenters. The average molecular weight is 656 g/mol. The van der Waals surface area contributed by atoms with E-state index in [2.05, 4.69) is 5.32 Å². The van der Waals surface area contributed by atoms with Gasteiger partial charge < -0.3 is 38.8 Å². The topological polar surface area (TPSA) is 133 Å². The summed E-state index contributed by atoms with van der Waals surface area (Å²) in [6, 6.07) is 13.0. The van der Waals surface area contributed by atoms with Crippen LogP contribution in [-0.2, 0) is 23.8 Å². The van der Waals surface area contributed by atoms with Crippen LogP contribution in [0.4, 0.5) is 4.79 Å². The molecule has 0 radical (unpaired) electrons. The maximum absolute atomic E-state index is 14.0. The average Bonchev–Trinajstić information content (AvgIpc) is 3.42. The van der Waals surface area contributed by atoms with Gasteiger partial charge in [-0.05, 0) is 52.8 Å². The maximum Gasteiger partial charge on any atom is 0.410 e. The van der Waals surface area contributed by atoms with E-state index in [1.807, 2.05) is 13.8 Å². The lowest BCUT2D eigenvalue weighted by atomic mass is 10.00. The summed E-state index contributed by atoms with van der Waals surface area (Å²) in [7, 11) is 3.16. The van der Waals surface area contributed by atoms with Crippen LogP contribution in [-0.4, -0.2) is 98.4 Å². The van der Waals surface area contributed by atoms with Crippen molar-refractivity contribution in [1.29, 1.82) is 0 Å². The number of likely N-dealkylation sites (tertiary alicyclic amines) is 1. The molecule has 12 nitrogen and oxygen atoms in total. The number of hydrogen-bond acceptors (Lipinski definition) is 9. The molecule has 3 amide bonds. The number of nitrogens with one attached hydrogen (secondary N) is 1. The van der Waals surface area contributed by atoms with Gasteiger partial charge in [0.05, 0.1) is 19.8 Å². The molecule has 0 aliphatic carbocycles. The van der Waals surface area contributed by atoms with Crippen molar-refractivity contribution in [3.8, 4) is 11.5 Å². The highest BCUT2D eigenvalue weighted by atomic mass is 16.6. The van der Waals surface area contributed by atoms with E-state index in [0.717, 1.165) is 0 Å². The van der Waals surface area contributed by atoms with Gasteiger partial charge in [0.25, 0.3) is 11.8 Å². The van der Waals surface area contributed by atoms with Gasteiger partial charge in [-0.15, -0.1) is 0 Å². The van der Waals surface area contributed by atoms with Crippen molar-refractivity contribution in [2.45, 2.75) is 71.8 Å². The highest BCUT2D eigenvalue weighted by molar-refractivity contribution is 5.95. The first-order chi connectivity index (χ1) is 22.2. The third-order valence-corrected chi connectivity index (χ3v) is 7.52. The first-order valence-corrected chi connectivity index (χ1v) is 15.8. The van der Waals surface area contributed by atoms with Gasteiger partial charge in [0.1, 0.15) is 5.60 Å². The lowest BCUT2D eigenvalue weighted by Gasteiger charge is -2.32. The van der Waals surface area contributed by atoms with Gasteiger partial charge in [0.2, 0.25) is 6.10 Å². The van der Waals surface area contributed by atoms with Crippen molar-refractivity contribution in [3.63, 3.8) is 0 Å². The molecule has 1 aliphatic rings. The molecule has 47 heavy (non-hydrogen) atoms. The Labute approximate surface area is 277 Å². The van der Waals surface area contributed by atoms with Crippen LogP contribution in [0.2, 0.25) is 0 Å². The number of ether oxygens (including phenoxy) is 5. The van der Waals surface area contributed by atoms with Gasteiger partial charge in [-0.2, -0.15) is 0 Å². The summed E-state index contributed by atoms with van der Waals surface area (Å²) in [6.07, 6.45) is -1.04. The molecule has 3 atom stereocenters. The molecule has 1 N–H and O–H groups in total. The van der Waals surface area contributed by atoms with Crippen LogP contribution >= 0.6 is 0 Å². The van der Waals surface area contributed by atoms with E-state index in [1.165, 1.54) is 18.9 Å². The van der Waals surface area contributed by atoms with Gasteiger partial charge >= 0.3 is 12.1 Å². The Morgan fingerprint density at radius 3 is 2.28 bits per heavy atom. The number of amides is 3. The predicted molar refractivity (Wildman–Crippen MR) is 175 cm³/mol. The molecule has 0 spiro atoms. The van der Waals surface area contributed by atoms with Gasteiger partial charge in [-0.1, -0.05) is 30.3 Å². The smallest absolute Gasteiger partial charge is 0.410 e. The van der Waals surface area contributed by atoms with Crippen molar-refractivity contribution in [1.82, 2.24) is 15.1 Å². The minimum Gasteiger partial charge on any atom is -0.493 e. The van der Waals surface area contributed by atoms with E-state index < -0.39 is 35.7 Å². The zero-order valence-corrected chi connectivity index (χ0v) is 28.7. The largest absolute Gasteiger partial charge is 0.493 e. The molecule has 1 fully saturated rings. The second-order valence-corrected chi connectivity index (χ2v) is 12.8. The lowest BCUT2D eigenvalue weighted by Crippen LogP contribution is -2.48. The fourth-order valence-corrected chi connectivity index (χ4v) is 5.28. The first-order valence-electron chi connectivity index (χ1n) is 15.8. The van der Waals surface area contributed by atoms with Crippen LogP contribution in [0.25, 0.3) is 0 Å². The SMILES string of the molecule is COCCCOc1cc(C(=O)N(C[C@@H]2CN(C(=O)OC(C)(C)C)C[C@@H]2NC(=O)C(OC(C)=O)c2ccccc2)C(C)C)ccc1OC. The molecule has 12 heteroatoms. The van der Waals surface area contributed by atoms with Crippen molar-refractivity contribution in [3.05, 3.63) is 59.7 Å². The first kappa shape index (κ1) is 37.1. The summed E-state index contributed by atoms with van der Waals surface area (Å²) < 4.78 is 27.5. The summed E-state index contributed by atoms with van der Waals surface area (Å²) >= 11 is 0. The molecule has 3 rings (SSSR count). The van der Waals surface area contributed by atoms with Crippen molar-refractivity contribution in [2.24, 2.45) is 5.92 Å². The van der Waals surface area contributed by atoms with Crippen molar-refractivity contribution >= 4 is 23.9 Å². The summed E-state index contributed by atoms with van der Waals surface area (Å²) in [5.41, 5.74) is 0.194. The van der Waals surface area contributed by atoms with Crippen LogP contribution in [0.15, 0.2) is 48.5 Å². The molecule has 0 saturated carbocycles. The van der Waals surface area contributed by atoms with E-state index in [1.54, 1.807) is 81.3 Å². The minimum absolute atomic E-state index is 0.148. The second kappa shape index (κ2) is 17.0. The van der Waals surface area contributed by atoms with E-state index in [9.17, 15) is 19.2 Å². The number of methoxy groups -OCH3 is 2. The number of hydrogen-bond donors (Lipinski definition) is 1. The molecule has 2 aromatic carbocycles. The molecule has 1 heterocycles. The third-order valence-electron chi connectivity index (χ3n) is 7.52. The number of carbonyl (C=O) groups is 4. The monoisotopic (exact) mass is 655 g/mol. The number of nitrogens with zero attached hydrogens (tertiary/aromatic N) is 2. The predicted octanol–water partition coefficient (Wildman–Crippen LogP) is 4.62. The third kappa shape index (κ3) is 10.9. The summed E-state index contributed by atoms with van der Waals surface area (Å²) in [4.78, 5) is 56.0. The van der Waals surface area contributed by atoms with E-state index in [-0.39, 0.29) is 37.5 Å². The Hall–Kier alpha value is -4.32. The summed E-state index contributed by atoms with van der Waals surface area (Å²) in [5.74, 6) is -0.798. The Kier molecular flexibility index (Phi) is 13.4. The van der Waals surface area contributed by atoms with Gasteiger partial charge in [-0.3, -0.25) is 14.4 Å². The number of rotatable bonds is 14. The Balaban J connectivity index is 1.89. The van der Waals surface area contributed by atoms with Crippen molar-refractivity contribution < 1.29 is 42.9 Å². The molecule has 258 valence electrons. The molecule has 2 aromatic rings. The maximum atomic E-state index is 14.0. The molecule has 0 bridgehead atoms. The number of carbonyl (C=O) groups excluding carboxylic acids is 4. The number of benzene rings is 2. The highest BCUT2D eigenvalue weighted by Gasteiger charge is 2.41. The fraction of sp³-hybridized carbons (Fsp3) is 0.543. The lowest BCUT2D eigenvalue weighted by molar-refractivity contribution is -0.154. The molecule has 0 aromatic heterocycles. The molecule has 1 aliphatic heterocycles. The molecular formula is C35H49N3O9. The minimum atomic E-state index is -1.19. The van der Waals surface area contributed by atoms with Crippen LogP contribution in [0.3, 0.4) is 0 Å². The van der Waals surface area contributed by atoms with Crippen LogP contribution < -0.4 is 14.8 Å². The van der Waals surface area contributed by atoms with Crippen LogP contribution in [0.1, 0.15) is 70.0 Å². The van der Waals surface area contributed by atoms with Crippen molar-refractivity contribution in [2.75, 3.05) is 47.1 Å². The second-order valence-electron chi connectivity index (χ2n) is 12.8. The van der Waals surface area contributed by atoms with Crippen LogP contribution in [0, 0.1) is 5.92 Å².